The summed E-state index contributed by atoms with van der Waals surface area (Å²) in [7, 11) is 1.27. The van der Waals surface area contributed by atoms with Gasteiger partial charge in [-0.2, -0.15) is 0 Å². The van der Waals surface area contributed by atoms with E-state index in [0.717, 1.165) is 5.56 Å². The molecule has 0 aliphatic heterocycles. The highest BCUT2D eigenvalue weighted by Gasteiger charge is 2.20. The maximum absolute atomic E-state index is 11.5. The van der Waals surface area contributed by atoms with Gasteiger partial charge in [-0.25, -0.2) is 4.79 Å². The van der Waals surface area contributed by atoms with Crippen LogP contribution in [0.3, 0.4) is 0 Å². The Labute approximate surface area is 105 Å². The molecule has 98 valence electrons. The summed E-state index contributed by atoms with van der Waals surface area (Å²) < 4.78 is 4.62. The van der Waals surface area contributed by atoms with Crippen LogP contribution < -0.4 is 10.8 Å². The van der Waals surface area contributed by atoms with Crippen LogP contribution in [-0.4, -0.2) is 30.2 Å². The van der Waals surface area contributed by atoms with E-state index in [9.17, 15) is 9.59 Å². The molecule has 0 unspecified atom stereocenters. The quantitative estimate of drug-likeness (QED) is 0.530. The van der Waals surface area contributed by atoms with Gasteiger partial charge >= 0.3 is 5.97 Å². The molecule has 1 amide bonds. The van der Waals surface area contributed by atoms with E-state index in [4.69, 9.17) is 5.21 Å². The molecule has 0 fully saturated rings. The van der Waals surface area contributed by atoms with Gasteiger partial charge in [0.25, 0.3) is 0 Å². The molecule has 6 heteroatoms. The summed E-state index contributed by atoms with van der Waals surface area (Å²) in [5.74, 6) is -0.784. The Kier molecular flexibility index (Phi) is 5.13. The zero-order valence-electron chi connectivity index (χ0n) is 10.3. The van der Waals surface area contributed by atoms with E-state index in [-0.39, 0.29) is 5.91 Å². The lowest BCUT2D eigenvalue weighted by molar-refractivity contribution is -0.144. The third-order valence-electron chi connectivity index (χ3n) is 2.39. The van der Waals surface area contributed by atoms with Gasteiger partial charge in [0.15, 0.2) is 0 Å². The molecule has 18 heavy (non-hydrogen) atoms. The number of anilines is 1. The van der Waals surface area contributed by atoms with E-state index in [2.05, 4.69) is 10.1 Å². The van der Waals surface area contributed by atoms with Gasteiger partial charge in [-0.1, -0.05) is 12.1 Å². The van der Waals surface area contributed by atoms with Crippen molar-refractivity contribution in [3.05, 3.63) is 29.8 Å². The second-order valence-electron chi connectivity index (χ2n) is 3.79. The highest BCUT2D eigenvalue weighted by Crippen LogP contribution is 2.10. The van der Waals surface area contributed by atoms with Crippen LogP contribution in [0.15, 0.2) is 24.3 Å². The average Bonchev–Trinajstić information content (AvgIpc) is 2.37. The Morgan fingerprint density at radius 3 is 2.39 bits per heavy atom. The molecule has 0 radical (unpaired) electrons. The summed E-state index contributed by atoms with van der Waals surface area (Å²) >= 11 is 0. The van der Waals surface area contributed by atoms with Crippen LogP contribution in [0.4, 0.5) is 5.69 Å². The number of carbonyl (C=O) groups is 2. The maximum atomic E-state index is 11.5. The lowest BCUT2D eigenvalue weighted by Crippen LogP contribution is -2.41. The van der Waals surface area contributed by atoms with E-state index in [1.165, 1.54) is 14.0 Å². The molecule has 0 aliphatic rings. The molecule has 1 atom stereocenters. The van der Waals surface area contributed by atoms with Gasteiger partial charge < -0.3 is 10.1 Å². The predicted molar refractivity (Wildman–Crippen MR) is 65.2 cm³/mol. The number of nitrogens with one attached hydrogen (secondary N) is 2. The van der Waals surface area contributed by atoms with Crippen LogP contribution in [0.5, 0.6) is 0 Å². The molecule has 0 saturated carbocycles. The molecule has 0 heterocycles. The minimum Gasteiger partial charge on any atom is -0.467 e. The molecule has 1 aromatic carbocycles. The van der Waals surface area contributed by atoms with Gasteiger partial charge in [0.1, 0.15) is 6.04 Å². The molecular weight excluding hydrogens is 236 g/mol. The molecule has 0 aromatic heterocycles. The number of benzene rings is 1. The molecule has 1 aromatic rings. The van der Waals surface area contributed by atoms with Crippen molar-refractivity contribution >= 4 is 17.6 Å². The summed E-state index contributed by atoms with van der Waals surface area (Å²) in [4.78, 5) is 22.5. The zero-order chi connectivity index (χ0) is 13.5. The fraction of sp³-hybridized carbons (Fsp3) is 0.333. The number of esters is 1. The fourth-order valence-electron chi connectivity index (χ4n) is 1.53. The first-order valence-electron chi connectivity index (χ1n) is 5.40. The van der Waals surface area contributed by atoms with Gasteiger partial charge in [0.2, 0.25) is 5.91 Å². The first kappa shape index (κ1) is 14.0. The number of rotatable bonds is 5. The first-order valence-corrected chi connectivity index (χ1v) is 5.40. The zero-order valence-corrected chi connectivity index (χ0v) is 10.3. The Bertz CT molecular complexity index is 417. The van der Waals surface area contributed by atoms with E-state index >= 15 is 0 Å². The summed E-state index contributed by atoms with van der Waals surface area (Å²) in [6.07, 6.45) is 0.331. The third kappa shape index (κ3) is 4.06. The molecule has 0 aliphatic carbocycles. The van der Waals surface area contributed by atoms with E-state index in [1.54, 1.807) is 24.3 Å². The van der Waals surface area contributed by atoms with Crippen molar-refractivity contribution in [3.63, 3.8) is 0 Å². The maximum Gasteiger partial charge on any atom is 0.328 e. The van der Waals surface area contributed by atoms with Crippen LogP contribution in [0, 0.1) is 0 Å². The van der Waals surface area contributed by atoms with E-state index in [0.29, 0.717) is 12.1 Å². The van der Waals surface area contributed by atoms with Crippen LogP contribution in [0.2, 0.25) is 0 Å². The topological polar surface area (TPSA) is 87.7 Å². The van der Waals surface area contributed by atoms with Gasteiger partial charge in [-0.3, -0.25) is 15.5 Å². The van der Waals surface area contributed by atoms with Gasteiger partial charge in [0, 0.05) is 13.3 Å². The summed E-state index contributed by atoms with van der Waals surface area (Å²) in [6.45, 7) is 1.34. The molecule has 1 rings (SSSR count). The van der Waals surface area contributed by atoms with Crippen LogP contribution >= 0.6 is 0 Å². The molecule has 0 bridgehead atoms. The molecule has 0 spiro atoms. The SMILES string of the molecule is COC(=O)[C@@H](Cc1ccc(NO)cc1)NC(C)=O. The fourth-order valence-corrected chi connectivity index (χ4v) is 1.53. The average molecular weight is 252 g/mol. The van der Waals surface area contributed by atoms with E-state index in [1.807, 2.05) is 5.48 Å². The second-order valence-corrected chi connectivity index (χ2v) is 3.79. The third-order valence-corrected chi connectivity index (χ3v) is 2.39. The normalized spacial score (nSPS) is 11.5. The van der Waals surface area contributed by atoms with Crippen molar-refractivity contribution in [3.8, 4) is 0 Å². The monoisotopic (exact) mass is 252 g/mol. The molecular formula is C12H16N2O4. The van der Waals surface area contributed by atoms with Gasteiger partial charge in [0.05, 0.1) is 12.8 Å². The Morgan fingerprint density at radius 2 is 1.94 bits per heavy atom. The Balaban J connectivity index is 2.75. The Hall–Kier alpha value is -2.08. The number of carbonyl (C=O) groups excluding carboxylic acids is 2. The smallest absolute Gasteiger partial charge is 0.328 e. The summed E-state index contributed by atoms with van der Waals surface area (Å²) in [5, 5.41) is 11.2. The highest BCUT2D eigenvalue weighted by atomic mass is 16.5. The standard InChI is InChI=1S/C12H16N2O4/c1-8(15)13-11(12(16)18-2)7-9-3-5-10(14-17)6-4-9/h3-6,11,14,17H,7H2,1-2H3,(H,13,15)/t11-/m1/s1. The summed E-state index contributed by atoms with van der Waals surface area (Å²) in [6, 6.07) is 6.11. The van der Waals surface area contributed by atoms with Crippen molar-refractivity contribution in [2.45, 2.75) is 19.4 Å². The highest BCUT2D eigenvalue weighted by molar-refractivity contribution is 5.83. The number of hydrogen-bond acceptors (Lipinski definition) is 5. The predicted octanol–water partition coefficient (Wildman–Crippen LogP) is 0.708. The number of amides is 1. The van der Waals surface area contributed by atoms with Crippen LogP contribution in [0.25, 0.3) is 0 Å². The van der Waals surface area contributed by atoms with Crippen molar-refractivity contribution in [1.82, 2.24) is 5.32 Å². The lowest BCUT2D eigenvalue weighted by Gasteiger charge is -2.15. The second kappa shape index (κ2) is 6.61. The van der Waals surface area contributed by atoms with Crippen LogP contribution in [-0.2, 0) is 20.7 Å². The van der Waals surface area contributed by atoms with Gasteiger partial charge in [-0.15, -0.1) is 0 Å². The minimum atomic E-state index is -0.708. The van der Waals surface area contributed by atoms with Crippen molar-refractivity contribution in [2.75, 3.05) is 12.6 Å². The molecule has 6 nitrogen and oxygen atoms in total. The molecule has 0 saturated heterocycles. The van der Waals surface area contributed by atoms with Crippen molar-refractivity contribution < 1.29 is 19.5 Å². The van der Waals surface area contributed by atoms with E-state index < -0.39 is 12.0 Å². The van der Waals surface area contributed by atoms with Crippen molar-refractivity contribution in [1.29, 1.82) is 0 Å². The van der Waals surface area contributed by atoms with Gasteiger partial charge in [-0.05, 0) is 17.7 Å². The number of ether oxygens (including phenoxy) is 1. The lowest BCUT2D eigenvalue weighted by atomic mass is 10.1. The number of hydrogen-bond donors (Lipinski definition) is 3. The summed E-state index contributed by atoms with van der Waals surface area (Å²) in [5.41, 5.74) is 3.41. The van der Waals surface area contributed by atoms with Crippen LogP contribution in [0.1, 0.15) is 12.5 Å². The Morgan fingerprint density at radius 1 is 1.33 bits per heavy atom. The number of methoxy groups -OCH3 is 1. The van der Waals surface area contributed by atoms with Crippen molar-refractivity contribution in [2.24, 2.45) is 0 Å². The minimum absolute atomic E-state index is 0.293. The first-order chi connectivity index (χ1) is 8.56. The largest absolute Gasteiger partial charge is 0.467 e. The molecule has 3 N–H and O–H groups in total.